The second-order valence-corrected chi connectivity index (χ2v) is 5.73. The summed E-state index contributed by atoms with van der Waals surface area (Å²) in [6.07, 6.45) is -0.110. The van der Waals surface area contributed by atoms with Crippen molar-refractivity contribution in [2.75, 3.05) is 39.2 Å². The summed E-state index contributed by atoms with van der Waals surface area (Å²) >= 11 is 0. The average Bonchev–Trinajstić information content (AvgIpc) is 2.64. The Kier molecular flexibility index (Phi) is 5.27. The summed E-state index contributed by atoms with van der Waals surface area (Å²) in [5.41, 5.74) is 1.52. The molecule has 3 rings (SSSR count). The molecule has 0 unspecified atom stereocenters. The highest BCUT2D eigenvalue weighted by atomic mass is 19.1. The number of ether oxygens (including phenoxy) is 2. The lowest BCUT2D eigenvalue weighted by Crippen LogP contribution is -2.38. The molecule has 1 N–H and O–H groups in total. The Morgan fingerprint density at radius 3 is 2.96 bits per heavy atom. The first-order valence-corrected chi connectivity index (χ1v) is 8.01. The van der Waals surface area contributed by atoms with Gasteiger partial charge in [0.15, 0.2) is 11.6 Å². The molecule has 0 radical (unpaired) electrons. The number of nitrogens with one attached hydrogen (secondary N) is 1. The van der Waals surface area contributed by atoms with Crippen LogP contribution in [-0.2, 0) is 11.3 Å². The Balaban J connectivity index is 1.72. The van der Waals surface area contributed by atoms with Gasteiger partial charge in [-0.25, -0.2) is 9.37 Å². The molecule has 0 amide bonds. The summed E-state index contributed by atoms with van der Waals surface area (Å²) in [5.74, 6) is 0.797. The number of morpholine rings is 1. The highest BCUT2D eigenvalue weighted by Gasteiger charge is 2.24. The van der Waals surface area contributed by atoms with E-state index in [1.54, 1.807) is 12.1 Å². The van der Waals surface area contributed by atoms with Crippen LogP contribution in [-0.4, -0.2) is 43.7 Å². The monoisotopic (exact) mass is 331 g/mol. The number of rotatable bonds is 5. The molecule has 128 valence electrons. The summed E-state index contributed by atoms with van der Waals surface area (Å²) < 4.78 is 25.3. The molecule has 2 aromatic rings. The van der Waals surface area contributed by atoms with E-state index in [4.69, 9.17) is 9.47 Å². The third-order valence-corrected chi connectivity index (χ3v) is 4.16. The zero-order valence-electron chi connectivity index (χ0n) is 14.0. The van der Waals surface area contributed by atoms with E-state index in [1.807, 2.05) is 31.3 Å². The fraction of sp³-hybridized carbons (Fsp3) is 0.389. The smallest absolute Gasteiger partial charge is 0.169 e. The second kappa shape index (κ2) is 7.59. The summed E-state index contributed by atoms with van der Waals surface area (Å²) in [4.78, 5) is 6.72. The molecule has 1 saturated heterocycles. The van der Waals surface area contributed by atoms with Gasteiger partial charge in [0.05, 0.1) is 19.4 Å². The topological polar surface area (TPSA) is 46.6 Å². The normalized spacial score (nSPS) is 18.4. The third kappa shape index (κ3) is 3.66. The summed E-state index contributed by atoms with van der Waals surface area (Å²) in [6, 6.07) is 11.1. The van der Waals surface area contributed by atoms with Gasteiger partial charge in [-0.3, -0.25) is 4.90 Å². The van der Waals surface area contributed by atoms with Gasteiger partial charge in [-0.2, -0.15) is 0 Å². The zero-order chi connectivity index (χ0) is 16.9. The molecule has 0 aliphatic carbocycles. The van der Waals surface area contributed by atoms with Crippen LogP contribution in [0.2, 0.25) is 0 Å². The Morgan fingerprint density at radius 1 is 1.33 bits per heavy atom. The highest BCUT2D eigenvalue weighted by molar-refractivity contribution is 5.35. The first-order chi connectivity index (χ1) is 11.7. The maximum Gasteiger partial charge on any atom is 0.169 e. The largest absolute Gasteiger partial charge is 0.494 e. The molecule has 1 atom stereocenters. The van der Waals surface area contributed by atoms with Crippen LogP contribution in [0.4, 0.5) is 10.2 Å². The van der Waals surface area contributed by atoms with E-state index in [2.05, 4.69) is 15.2 Å². The van der Waals surface area contributed by atoms with E-state index in [1.165, 1.54) is 7.11 Å². The SMILES string of the molecule is CNc1cccc([C@@H]2CN(Cc3cccc(OC)c3F)CCO2)n1. The Labute approximate surface area is 141 Å². The number of pyridine rings is 1. The van der Waals surface area contributed by atoms with E-state index in [0.717, 1.165) is 18.1 Å². The molecular formula is C18H22FN3O2. The van der Waals surface area contributed by atoms with Crippen molar-refractivity contribution in [1.82, 2.24) is 9.88 Å². The van der Waals surface area contributed by atoms with Gasteiger partial charge in [0, 0.05) is 32.2 Å². The Hall–Kier alpha value is -2.18. The van der Waals surface area contributed by atoms with Gasteiger partial charge in [-0.05, 0) is 18.2 Å². The fourth-order valence-corrected chi connectivity index (χ4v) is 2.87. The molecule has 5 nitrogen and oxygen atoms in total. The minimum absolute atomic E-state index is 0.110. The lowest BCUT2D eigenvalue weighted by Gasteiger charge is -2.32. The van der Waals surface area contributed by atoms with E-state index < -0.39 is 0 Å². The van der Waals surface area contributed by atoms with Crippen LogP contribution in [0.1, 0.15) is 17.4 Å². The summed E-state index contributed by atoms with van der Waals surface area (Å²) in [7, 11) is 3.32. The van der Waals surface area contributed by atoms with Crippen LogP contribution in [0, 0.1) is 5.82 Å². The summed E-state index contributed by atoms with van der Waals surface area (Å²) in [6.45, 7) is 2.56. The number of hydrogen-bond donors (Lipinski definition) is 1. The van der Waals surface area contributed by atoms with Gasteiger partial charge in [-0.1, -0.05) is 18.2 Å². The molecular weight excluding hydrogens is 309 g/mol. The number of benzene rings is 1. The predicted octanol–water partition coefficient (Wildman–Crippen LogP) is 2.84. The van der Waals surface area contributed by atoms with Crippen LogP contribution in [0.5, 0.6) is 5.75 Å². The lowest BCUT2D eigenvalue weighted by molar-refractivity contribution is -0.0352. The van der Waals surface area contributed by atoms with E-state index in [0.29, 0.717) is 25.3 Å². The Bertz CT molecular complexity index is 696. The first-order valence-electron chi connectivity index (χ1n) is 8.01. The van der Waals surface area contributed by atoms with Crippen molar-refractivity contribution in [3.63, 3.8) is 0 Å². The van der Waals surface area contributed by atoms with Crippen molar-refractivity contribution in [2.45, 2.75) is 12.6 Å². The van der Waals surface area contributed by atoms with Crippen LogP contribution >= 0.6 is 0 Å². The van der Waals surface area contributed by atoms with Gasteiger partial charge in [-0.15, -0.1) is 0 Å². The maximum atomic E-state index is 14.3. The van der Waals surface area contributed by atoms with Crippen molar-refractivity contribution in [3.05, 3.63) is 53.5 Å². The van der Waals surface area contributed by atoms with E-state index in [-0.39, 0.29) is 17.7 Å². The summed E-state index contributed by atoms with van der Waals surface area (Å²) in [5, 5.41) is 3.03. The first kappa shape index (κ1) is 16.7. The van der Waals surface area contributed by atoms with Gasteiger partial charge < -0.3 is 14.8 Å². The van der Waals surface area contributed by atoms with Gasteiger partial charge in [0.25, 0.3) is 0 Å². The Morgan fingerprint density at radius 2 is 2.17 bits per heavy atom. The van der Waals surface area contributed by atoms with Crippen LogP contribution in [0.3, 0.4) is 0 Å². The predicted molar refractivity (Wildman–Crippen MR) is 90.7 cm³/mol. The molecule has 0 bridgehead atoms. The molecule has 24 heavy (non-hydrogen) atoms. The van der Waals surface area contributed by atoms with E-state index in [9.17, 15) is 4.39 Å². The van der Waals surface area contributed by atoms with Crippen molar-refractivity contribution >= 4 is 5.82 Å². The van der Waals surface area contributed by atoms with Gasteiger partial charge in [0.1, 0.15) is 11.9 Å². The third-order valence-electron chi connectivity index (χ3n) is 4.16. The second-order valence-electron chi connectivity index (χ2n) is 5.73. The van der Waals surface area contributed by atoms with Gasteiger partial charge in [0.2, 0.25) is 0 Å². The zero-order valence-corrected chi connectivity index (χ0v) is 14.0. The number of methoxy groups -OCH3 is 1. The number of aromatic nitrogens is 1. The molecule has 6 heteroatoms. The number of hydrogen-bond acceptors (Lipinski definition) is 5. The molecule has 0 spiro atoms. The van der Waals surface area contributed by atoms with Crippen molar-refractivity contribution < 1.29 is 13.9 Å². The number of anilines is 1. The van der Waals surface area contributed by atoms with Crippen molar-refractivity contribution in [2.24, 2.45) is 0 Å². The lowest BCUT2D eigenvalue weighted by atomic mass is 10.1. The minimum Gasteiger partial charge on any atom is -0.494 e. The number of nitrogens with zero attached hydrogens (tertiary/aromatic N) is 2. The fourth-order valence-electron chi connectivity index (χ4n) is 2.87. The van der Waals surface area contributed by atoms with Crippen LogP contribution in [0.25, 0.3) is 0 Å². The molecule has 1 aliphatic heterocycles. The highest BCUT2D eigenvalue weighted by Crippen LogP contribution is 2.25. The van der Waals surface area contributed by atoms with Crippen LogP contribution < -0.4 is 10.1 Å². The maximum absolute atomic E-state index is 14.3. The molecule has 0 saturated carbocycles. The van der Waals surface area contributed by atoms with Crippen molar-refractivity contribution in [3.8, 4) is 5.75 Å². The molecule has 1 aliphatic rings. The minimum atomic E-state index is -0.293. The van der Waals surface area contributed by atoms with Crippen LogP contribution in [0.15, 0.2) is 36.4 Å². The quantitative estimate of drug-likeness (QED) is 0.913. The average molecular weight is 331 g/mol. The van der Waals surface area contributed by atoms with E-state index >= 15 is 0 Å². The molecule has 1 fully saturated rings. The number of halogens is 1. The molecule has 2 heterocycles. The molecule has 1 aromatic carbocycles. The van der Waals surface area contributed by atoms with Gasteiger partial charge >= 0.3 is 0 Å². The molecule has 1 aromatic heterocycles. The van der Waals surface area contributed by atoms with Crippen molar-refractivity contribution in [1.29, 1.82) is 0 Å². The standard InChI is InChI=1S/C18H22FN3O2/c1-20-17-8-4-6-14(21-17)16-12-22(9-10-24-16)11-13-5-3-7-15(23-2)18(13)19/h3-8,16H,9-12H2,1-2H3,(H,20,21)/t16-/m0/s1.